The number of Topliss-reactive ketones (excluding diaryl/α,β-unsaturated/α-hetero) is 1. The van der Waals surface area contributed by atoms with Crippen LogP contribution in [0.15, 0.2) is 27.1 Å². The summed E-state index contributed by atoms with van der Waals surface area (Å²) < 4.78 is 1.11. The summed E-state index contributed by atoms with van der Waals surface area (Å²) in [6, 6.07) is 4.76. The van der Waals surface area contributed by atoms with Crippen molar-refractivity contribution in [2.24, 2.45) is 0 Å². The number of hydrogen-bond acceptors (Lipinski definition) is 2. The summed E-state index contributed by atoms with van der Waals surface area (Å²) in [6.07, 6.45) is 0. The molecular weight excluding hydrogens is 304 g/mol. The van der Waals surface area contributed by atoms with Crippen LogP contribution < -0.4 is 0 Å². The van der Waals surface area contributed by atoms with Crippen LogP contribution in [0.2, 0.25) is 0 Å². The first kappa shape index (κ1) is 10.4. The van der Waals surface area contributed by atoms with Gasteiger partial charge in [0.25, 0.3) is 5.78 Å². The molecular formula is C8H4Br2O3. The SMILES string of the molecule is O=C(O)C(=O)c1cccc(Br)c1Br. The molecule has 1 N–H and O–H groups in total. The minimum atomic E-state index is -1.46. The van der Waals surface area contributed by atoms with Gasteiger partial charge in [-0.3, -0.25) is 4.79 Å². The van der Waals surface area contributed by atoms with Gasteiger partial charge in [-0.05, 0) is 44.0 Å². The Bertz CT molecular complexity index is 374. The molecule has 0 amide bonds. The largest absolute Gasteiger partial charge is 0.475 e. The highest BCUT2D eigenvalue weighted by molar-refractivity contribution is 9.13. The van der Waals surface area contributed by atoms with Crippen LogP contribution in [-0.4, -0.2) is 16.9 Å². The third-order valence-electron chi connectivity index (χ3n) is 1.39. The highest BCUT2D eigenvalue weighted by Gasteiger charge is 2.18. The molecule has 0 fully saturated rings. The Morgan fingerprint density at radius 3 is 2.38 bits per heavy atom. The predicted molar refractivity (Wildman–Crippen MR) is 53.8 cm³/mol. The summed E-state index contributed by atoms with van der Waals surface area (Å²) in [4.78, 5) is 21.4. The first-order chi connectivity index (χ1) is 6.04. The van der Waals surface area contributed by atoms with Gasteiger partial charge in [-0.2, -0.15) is 0 Å². The standard InChI is InChI=1S/C8H4Br2O3/c9-5-3-1-2-4(6(5)10)7(11)8(12)13/h1-3H,(H,12,13). The molecule has 1 rings (SSSR count). The topological polar surface area (TPSA) is 54.4 Å². The first-order valence-corrected chi connectivity index (χ1v) is 4.84. The Morgan fingerprint density at radius 2 is 1.85 bits per heavy atom. The highest BCUT2D eigenvalue weighted by Crippen LogP contribution is 2.26. The monoisotopic (exact) mass is 306 g/mol. The van der Waals surface area contributed by atoms with E-state index in [-0.39, 0.29) is 5.56 Å². The Balaban J connectivity index is 3.23. The van der Waals surface area contributed by atoms with E-state index in [1.54, 1.807) is 12.1 Å². The number of carbonyl (C=O) groups excluding carboxylic acids is 1. The maximum Gasteiger partial charge on any atom is 0.377 e. The number of aliphatic carboxylic acids is 1. The van der Waals surface area contributed by atoms with Crippen molar-refractivity contribution in [1.29, 1.82) is 0 Å². The van der Waals surface area contributed by atoms with Crippen molar-refractivity contribution in [3.05, 3.63) is 32.7 Å². The molecule has 0 aromatic heterocycles. The minimum absolute atomic E-state index is 0.141. The van der Waals surface area contributed by atoms with Crippen LogP contribution in [0.3, 0.4) is 0 Å². The smallest absolute Gasteiger partial charge is 0.377 e. The fourth-order valence-corrected chi connectivity index (χ4v) is 1.60. The molecule has 5 heteroatoms. The molecule has 0 saturated carbocycles. The highest BCUT2D eigenvalue weighted by atomic mass is 79.9. The van der Waals surface area contributed by atoms with Crippen LogP contribution in [0, 0.1) is 0 Å². The van der Waals surface area contributed by atoms with E-state index in [4.69, 9.17) is 5.11 Å². The van der Waals surface area contributed by atoms with Gasteiger partial charge in [-0.1, -0.05) is 6.07 Å². The van der Waals surface area contributed by atoms with Gasteiger partial charge in [0.15, 0.2) is 0 Å². The summed E-state index contributed by atoms with van der Waals surface area (Å²) in [5, 5.41) is 8.47. The van der Waals surface area contributed by atoms with E-state index in [1.807, 2.05) is 0 Å². The average Bonchev–Trinajstić information content (AvgIpc) is 2.08. The maximum absolute atomic E-state index is 11.1. The molecule has 0 spiro atoms. The second kappa shape index (κ2) is 4.02. The van der Waals surface area contributed by atoms with Crippen LogP contribution in [0.25, 0.3) is 0 Å². The van der Waals surface area contributed by atoms with Gasteiger partial charge < -0.3 is 5.11 Å². The Hall–Kier alpha value is -0.680. The molecule has 0 unspecified atom stereocenters. The Morgan fingerprint density at radius 1 is 1.23 bits per heavy atom. The second-order valence-electron chi connectivity index (χ2n) is 2.24. The molecule has 0 aliphatic rings. The lowest BCUT2D eigenvalue weighted by Gasteiger charge is -2.01. The Labute approximate surface area is 91.0 Å². The number of carbonyl (C=O) groups is 2. The maximum atomic E-state index is 11.1. The van der Waals surface area contributed by atoms with Crippen LogP contribution in [-0.2, 0) is 4.79 Å². The lowest BCUT2D eigenvalue weighted by atomic mass is 10.1. The van der Waals surface area contributed by atoms with Crippen molar-refractivity contribution < 1.29 is 14.7 Å². The molecule has 0 aliphatic carbocycles. The lowest BCUT2D eigenvalue weighted by molar-refractivity contribution is -0.131. The van der Waals surface area contributed by atoms with E-state index in [9.17, 15) is 9.59 Å². The average molecular weight is 308 g/mol. The van der Waals surface area contributed by atoms with E-state index >= 15 is 0 Å². The van der Waals surface area contributed by atoms with Crippen LogP contribution in [0.5, 0.6) is 0 Å². The van der Waals surface area contributed by atoms with Crippen LogP contribution in [0.4, 0.5) is 0 Å². The summed E-state index contributed by atoms with van der Waals surface area (Å²) >= 11 is 6.29. The fraction of sp³-hybridized carbons (Fsp3) is 0. The summed E-state index contributed by atoms with van der Waals surface area (Å²) in [5.41, 5.74) is 0.141. The molecule has 0 saturated heterocycles. The van der Waals surface area contributed by atoms with Gasteiger partial charge in [0.1, 0.15) is 0 Å². The molecule has 0 aliphatic heterocycles. The minimum Gasteiger partial charge on any atom is -0.475 e. The van der Waals surface area contributed by atoms with Crippen molar-refractivity contribution in [2.75, 3.05) is 0 Å². The fourth-order valence-electron chi connectivity index (χ4n) is 0.794. The quantitative estimate of drug-likeness (QED) is 0.674. The van der Waals surface area contributed by atoms with E-state index in [0.29, 0.717) is 8.95 Å². The first-order valence-electron chi connectivity index (χ1n) is 3.25. The molecule has 0 heterocycles. The molecule has 13 heavy (non-hydrogen) atoms. The molecule has 3 nitrogen and oxygen atoms in total. The van der Waals surface area contributed by atoms with E-state index in [1.165, 1.54) is 6.07 Å². The normalized spacial score (nSPS) is 9.69. The van der Waals surface area contributed by atoms with Crippen LogP contribution >= 0.6 is 31.9 Å². The predicted octanol–water partition coefficient (Wildman–Crippen LogP) is 2.48. The molecule has 0 radical (unpaired) electrons. The molecule has 1 aromatic rings. The van der Waals surface area contributed by atoms with Crippen molar-refractivity contribution >= 4 is 43.6 Å². The zero-order chi connectivity index (χ0) is 10.0. The number of carboxylic acid groups (broad SMARTS) is 1. The Kier molecular flexibility index (Phi) is 3.22. The van der Waals surface area contributed by atoms with Crippen LogP contribution in [0.1, 0.15) is 10.4 Å². The number of ketones is 1. The molecule has 68 valence electrons. The van der Waals surface area contributed by atoms with Crippen molar-refractivity contribution in [2.45, 2.75) is 0 Å². The summed E-state index contributed by atoms with van der Waals surface area (Å²) in [6.45, 7) is 0. The van der Waals surface area contributed by atoms with E-state index in [2.05, 4.69) is 31.9 Å². The van der Waals surface area contributed by atoms with Gasteiger partial charge in [-0.15, -0.1) is 0 Å². The summed E-state index contributed by atoms with van der Waals surface area (Å²) in [7, 11) is 0. The third kappa shape index (κ3) is 2.16. The zero-order valence-electron chi connectivity index (χ0n) is 6.25. The lowest BCUT2D eigenvalue weighted by Crippen LogP contribution is -2.13. The van der Waals surface area contributed by atoms with Gasteiger partial charge >= 0.3 is 5.97 Å². The third-order valence-corrected chi connectivity index (χ3v) is 3.44. The number of carboxylic acids is 1. The number of benzene rings is 1. The number of halogens is 2. The number of rotatable bonds is 2. The van der Waals surface area contributed by atoms with Gasteiger partial charge in [0, 0.05) is 14.5 Å². The van der Waals surface area contributed by atoms with Crippen molar-refractivity contribution in [3.63, 3.8) is 0 Å². The van der Waals surface area contributed by atoms with E-state index < -0.39 is 11.8 Å². The van der Waals surface area contributed by atoms with Gasteiger partial charge in [-0.25, -0.2) is 4.79 Å². The van der Waals surface area contributed by atoms with Gasteiger partial charge in [0.05, 0.1) is 0 Å². The molecule has 1 aromatic carbocycles. The van der Waals surface area contributed by atoms with Crippen molar-refractivity contribution in [3.8, 4) is 0 Å². The second-order valence-corrected chi connectivity index (χ2v) is 3.88. The zero-order valence-corrected chi connectivity index (χ0v) is 9.42. The molecule has 0 atom stereocenters. The molecule has 0 bridgehead atoms. The summed E-state index contributed by atoms with van der Waals surface area (Å²) in [5.74, 6) is -2.38. The number of hydrogen-bond donors (Lipinski definition) is 1. The van der Waals surface area contributed by atoms with E-state index in [0.717, 1.165) is 0 Å². The van der Waals surface area contributed by atoms with Crippen molar-refractivity contribution in [1.82, 2.24) is 0 Å². The van der Waals surface area contributed by atoms with Gasteiger partial charge in [0.2, 0.25) is 0 Å².